The van der Waals surface area contributed by atoms with Gasteiger partial charge in [-0.15, -0.1) is 0 Å². The fourth-order valence-corrected chi connectivity index (χ4v) is 4.31. The van der Waals surface area contributed by atoms with Crippen molar-refractivity contribution in [3.8, 4) is 0 Å². The van der Waals surface area contributed by atoms with E-state index in [9.17, 15) is 4.79 Å². The SMILES string of the molecule is CCCN1C[C@H](C(=O)NCCCOC)C[C@@H]2Cc3[nH]ncc3C[C@H]21. The lowest BCUT2D eigenvalue weighted by Crippen LogP contribution is -2.55. The molecule has 6 nitrogen and oxygen atoms in total. The Kier molecular flexibility index (Phi) is 5.89. The molecule has 0 radical (unpaired) electrons. The summed E-state index contributed by atoms with van der Waals surface area (Å²) >= 11 is 0. The van der Waals surface area contributed by atoms with E-state index in [4.69, 9.17) is 4.74 Å². The van der Waals surface area contributed by atoms with Crippen LogP contribution in [-0.4, -0.2) is 60.4 Å². The van der Waals surface area contributed by atoms with Gasteiger partial charge in [0.15, 0.2) is 0 Å². The van der Waals surface area contributed by atoms with Crippen molar-refractivity contribution < 1.29 is 9.53 Å². The molecule has 2 N–H and O–H groups in total. The van der Waals surface area contributed by atoms with Crippen molar-refractivity contribution in [3.63, 3.8) is 0 Å². The van der Waals surface area contributed by atoms with Crippen LogP contribution >= 0.6 is 0 Å². The lowest BCUT2D eigenvalue weighted by molar-refractivity contribution is -0.128. The van der Waals surface area contributed by atoms with Crippen molar-refractivity contribution in [3.05, 3.63) is 17.5 Å². The molecular formula is C18H30N4O2. The smallest absolute Gasteiger partial charge is 0.224 e. The van der Waals surface area contributed by atoms with Crippen molar-refractivity contribution in [1.29, 1.82) is 0 Å². The Morgan fingerprint density at radius 3 is 3.17 bits per heavy atom. The molecule has 0 bridgehead atoms. The molecule has 3 atom stereocenters. The number of carbonyl (C=O) groups is 1. The number of H-pyrrole nitrogens is 1. The van der Waals surface area contributed by atoms with E-state index in [1.807, 2.05) is 6.20 Å². The molecule has 24 heavy (non-hydrogen) atoms. The first-order valence-electron chi connectivity index (χ1n) is 9.24. The summed E-state index contributed by atoms with van der Waals surface area (Å²) in [5.41, 5.74) is 2.63. The van der Waals surface area contributed by atoms with Gasteiger partial charge < -0.3 is 10.1 Å². The summed E-state index contributed by atoms with van der Waals surface area (Å²) in [6.07, 6.45) is 7.05. The van der Waals surface area contributed by atoms with Crippen molar-refractivity contribution in [1.82, 2.24) is 20.4 Å². The Bertz CT molecular complexity index is 545. The van der Waals surface area contributed by atoms with Crippen LogP contribution in [0.2, 0.25) is 0 Å². The van der Waals surface area contributed by atoms with Gasteiger partial charge >= 0.3 is 0 Å². The second-order valence-corrected chi connectivity index (χ2v) is 7.17. The second kappa shape index (κ2) is 8.12. The maximum Gasteiger partial charge on any atom is 0.224 e. The molecule has 134 valence electrons. The third-order valence-electron chi connectivity index (χ3n) is 5.46. The van der Waals surface area contributed by atoms with Crippen molar-refractivity contribution >= 4 is 5.91 Å². The molecule has 1 aliphatic carbocycles. The maximum atomic E-state index is 12.6. The number of amides is 1. The van der Waals surface area contributed by atoms with Gasteiger partial charge in [-0.3, -0.25) is 14.8 Å². The Morgan fingerprint density at radius 1 is 1.50 bits per heavy atom. The number of ether oxygens (including phenoxy) is 1. The number of fused-ring (bicyclic) bond motifs is 2. The van der Waals surface area contributed by atoms with Crippen LogP contribution in [0.1, 0.15) is 37.4 Å². The fraction of sp³-hybridized carbons (Fsp3) is 0.778. The second-order valence-electron chi connectivity index (χ2n) is 7.17. The van der Waals surface area contributed by atoms with Crippen LogP contribution in [0, 0.1) is 11.8 Å². The molecule has 0 unspecified atom stereocenters. The minimum absolute atomic E-state index is 0.102. The molecule has 3 rings (SSSR count). The van der Waals surface area contributed by atoms with Crippen LogP contribution in [0.3, 0.4) is 0 Å². The summed E-state index contributed by atoms with van der Waals surface area (Å²) in [6, 6.07) is 0.563. The van der Waals surface area contributed by atoms with E-state index >= 15 is 0 Å². The quantitative estimate of drug-likeness (QED) is 0.739. The number of nitrogens with one attached hydrogen (secondary N) is 2. The van der Waals surface area contributed by atoms with E-state index < -0.39 is 0 Å². The number of hydrogen-bond donors (Lipinski definition) is 2. The average molecular weight is 334 g/mol. The lowest BCUT2D eigenvalue weighted by atomic mass is 9.74. The molecule has 1 fully saturated rings. The number of carbonyl (C=O) groups excluding carboxylic acids is 1. The van der Waals surface area contributed by atoms with E-state index in [-0.39, 0.29) is 11.8 Å². The minimum Gasteiger partial charge on any atom is -0.385 e. The van der Waals surface area contributed by atoms with Gasteiger partial charge in [0, 0.05) is 38.5 Å². The van der Waals surface area contributed by atoms with Gasteiger partial charge in [-0.25, -0.2) is 0 Å². The highest BCUT2D eigenvalue weighted by Crippen LogP contribution is 2.36. The van der Waals surface area contributed by atoms with Crippen LogP contribution in [0.15, 0.2) is 6.20 Å². The molecule has 6 heteroatoms. The largest absolute Gasteiger partial charge is 0.385 e. The fourth-order valence-electron chi connectivity index (χ4n) is 4.31. The van der Waals surface area contributed by atoms with Gasteiger partial charge in [0.1, 0.15) is 0 Å². The molecule has 0 spiro atoms. The van der Waals surface area contributed by atoms with Crippen LogP contribution in [0.25, 0.3) is 0 Å². The minimum atomic E-state index is 0.102. The zero-order valence-corrected chi connectivity index (χ0v) is 14.9. The number of piperidine rings is 1. The van der Waals surface area contributed by atoms with Crippen LogP contribution in [0.4, 0.5) is 0 Å². The predicted octanol–water partition coefficient (Wildman–Crippen LogP) is 1.38. The molecule has 1 aromatic rings. The van der Waals surface area contributed by atoms with Gasteiger partial charge in [-0.05, 0) is 50.1 Å². The first-order valence-corrected chi connectivity index (χ1v) is 9.24. The molecule has 0 saturated carbocycles. The van der Waals surface area contributed by atoms with E-state index in [0.29, 0.717) is 25.1 Å². The summed E-state index contributed by atoms with van der Waals surface area (Å²) in [5, 5.41) is 10.5. The standard InChI is InChI=1S/C18H30N4O2/c1-3-6-22-12-15(18(23)19-5-4-7-24-2)8-13-9-16-14(10-17(13)22)11-20-21-16/h11,13,15,17H,3-10,12H2,1-2H3,(H,19,23)(H,20,21)/t13-,15-,17-/m1/s1. The highest BCUT2D eigenvalue weighted by molar-refractivity contribution is 5.79. The van der Waals surface area contributed by atoms with Crippen molar-refractivity contribution in [2.75, 3.05) is 33.4 Å². The molecule has 1 aromatic heterocycles. The molecule has 2 aliphatic rings. The van der Waals surface area contributed by atoms with Gasteiger partial charge in [0.25, 0.3) is 0 Å². The van der Waals surface area contributed by atoms with Crippen LogP contribution in [-0.2, 0) is 22.4 Å². The monoisotopic (exact) mass is 334 g/mol. The maximum absolute atomic E-state index is 12.6. The molecule has 1 saturated heterocycles. The number of likely N-dealkylation sites (tertiary alicyclic amines) is 1. The Labute approximate surface area is 144 Å². The number of aromatic nitrogens is 2. The Hall–Kier alpha value is -1.40. The summed E-state index contributed by atoms with van der Waals surface area (Å²) in [6.45, 7) is 5.58. The summed E-state index contributed by atoms with van der Waals surface area (Å²) in [5.74, 6) is 0.860. The van der Waals surface area contributed by atoms with Gasteiger partial charge in [-0.1, -0.05) is 6.92 Å². The topological polar surface area (TPSA) is 70.2 Å². The number of nitrogens with zero attached hydrogens (tertiary/aromatic N) is 2. The zero-order valence-electron chi connectivity index (χ0n) is 14.9. The molecule has 0 aromatic carbocycles. The highest BCUT2D eigenvalue weighted by atomic mass is 16.5. The summed E-state index contributed by atoms with van der Waals surface area (Å²) < 4.78 is 5.05. The van der Waals surface area contributed by atoms with Crippen molar-refractivity contribution in [2.24, 2.45) is 11.8 Å². The zero-order chi connectivity index (χ0) is 16.9. The Morgan fingerprint density at radius 2 is 2.38 bits per heavy atom. The molecule has 1 amide bonds. The number of rotatable bonds is 7. The Balaban J connectivity index is 1.64. The van der Waals surface area contributed by atoms with Gasteiger partial charge in [-0.2, -0.15) is 5.10 Å². The highest BCUT2D eigenvalue weighted by Gasteiger charge is 2.41. The molecular weight excluding hydrogens is 304 g/mol. The summed E-state index contributed by atoms with van der Waals surface area (Å²) in [4.78, 5) is 15.1. The van der Waals surface area contributed by atoms with Gasteiger partial charge in [0.05, 0.1) is 12.1 Å². The summed E-state index contributed by atoms with van der Waals surface area (Å²) in [7, 11) is 1.69. The predicted molar refractivity (Wildman–Crippen MR) is 92.7 cm³/mol. The van der Waals surface area contributed by atoms with E-state index in [1.54, 1.807) is 7.11 Å². The van der Waals surface area contributed by atoms with E-state index in [0.717, 1.165) is 45.2 Å². The number of hydrogen-bond acceptors (Lipinski definition) is 4. The van der Waals surface area contributed by atoms with E-state index in [1.165, 1.54) is 11.3 Å². The van der Waals surface area contributed by atoms with E-state index in [2.05, 4.69) is 27.3 Å². The first-order chi connectivity index (χ1) is 11.7. The number of aromatic amines is 1. The molecule has 2 heterocycles. The number of methoxy groups -OCH3 is 1. The average Bonchev–Trinajstić information content (AvgIpc) is 3.04. The van der Waals surface area contributed by atoms with Crippen LogP contribution < -0.4 is 5.32 Å². The first kappa shape index (κ1) is 17.4. The third-order valence-corrected chi connectivity index (χ3v) is 5.46. The van der Waals surface area contributed by atoms with Crippen LogP contribution in [0.5, 0.6) is 0 Å². The third kappa shape index (κ3) is 3.81. The van der Waals surface area contributed by atoms with Gasteiger partial charge in [0.2, 0.25) is 5.91 Å². The molecule has 1 aliphatic heterocycles. The normalized spacial score (nSPS) is 26.7. The van der Waals surface area contributed by atoms with Crippen molar-refractivity contribution in [2.45, 2.75) is 45.1 Å². The lowest BCUT2D eigenvalue weighted by Gasteiger charge is -2.46.